The van der Waals surface area contributed by atoms with Crippen LogP contribution in [0, 0.1) is 0 Å². The van der Waals surface area contributed by atoms with Crippen LogP contribution in [0.25, 0.3) is 0 Å². The lowest BCUT2D eigenvalue weighted by atomic mass is 10.2. The van der Waals surface area contributed by atoms with Gasteiger partial charge in [0.1, 0.15) is 17.2 Å². The predicted octanol–water partition coefficient (Wildman–Crippen LogP) is 5.62. The minimum Gasteiger partial charge on any atom is -0.497 e. The number of rotatable bonds is 9. The van der Waals surface area contributed by atoms with Crippen LogP contribution >= 0.6 is 23.6 Å². The summed E-state index contributed by atoms with van der Waals surface area (Å²) in [6.45, 7) is 4.64. The second kappa shape index (κ2) is 11.4. The fraction of sp³-hybridized carbons (Fsp3) is 0.217. The number of thiocarbonyl (C=S) groups is 1. The van der Waals surface area contributed by atoms with E-state index >= 15 is 0 Å². The molecule has 32 heavy (non-hydrogen) atoms. The van der Waals surface area contributed by atoms with Crippen molar-refractivity contribution in [1.82, 2.24) is 0 Å². The van der Waals surface area contributed by atoms with Gasteiger partial charge < -0.3 is 30.2 Å². The van der Waals surface area contributed by atoms with Crippen LogP contribution in [0.1, 0.15) is 23.5 Å². The van der Waals surface area contributed by atoms with Crippen molar-refractivity contribution < 1.29 is 19.0 Å². The van der Waals surface area contributed by atoms with Gasteiger partial charge in [0.15, 0.2) is 5.11 Å². The summed E-state index contributed by atoms with van der Waals surface area (Å²) < 4.78 is 16.8. The highest BCUT2D eigenvalue weighted by Crippen LogP contribution is 2.37. The fourth-order valence-electron chi connectivity index (χ4n) is 2.88. The van der Waals surface area contributed by atoms with E-state index in [0.29, 0.717) is 46.1 Å². The molecule has 168 valence electrons. The number of nitrogens with one attached hydrogen (secondary N) is 3. The second-order valence-corrected chi connectivity index (χ2v) is 7.81. The zero-order valence-corrected chi connectivity index (χ0v) is 19.7. The molecule has 0 radical (unpaired) electrons. The highest BCUT2D eigenvalue weighted by atomic mass is 32.1. The largest absolute Gasteiger partial charge is 0.497 e. The van der Waals surface area contributed by atoms with E-state index in [1.807, 2.05) is 49.6 Å². The van der Waals surface area contributed by atoms with Gasteiger partial charge in [0.05, 0.1) is 36.6 Å². The molecular formula is C23H25N3O4S2. The molecule has 0 aliphatic rings. The van der Waals surface area contributed by atoms with Gasteiger partial charge in [-0.3, -0.25) is 4.79 Å². The number of anilines is 3. The van der Waals surface area contributed by atoms with Crippen molar-refractivity contribution in [2.24, 2.45) is 0 Å². The van der Waals surface area contributed by atoms with Crippen LogP contribution in [0.15, 0.2) is 53.9 Å². The van der Waals surface area contributed by atoms with Crippen LogP contribution in [-0.2, 0) is 0 Å². The highest BCUT2D eigenvalue weighted by molar-refractivity contribution is 7.80. The van der Waals surface area contributed by atoms with Gasteiger partial charge in [-0.05, 0) is 49.6 Å². The Morgan fingerprint density at radius 3 is 2.22 bits per heavy atom. The zero-order chi connectivity index (χ0) is 22.9. The standard InChI is InChI=1S/C23H25N3O4S2/c1-4-29-19-14-18(26-23(31)24-15-8-6-9-16(12-15)28-3)20(30-5-2)13-17(19)25-22(27)21-10-7-11-32-21/h6-14H,4-5H2,1-3H3,(H,25,27)(H2,24,26,31). The van der Waals surface area contributed by atoms with Gasteiger partial charge >= 0.3 is 0 Å². The molecule has 0 saturated heterocycles. The van der Waals surface area contributed by atoms with E-state index < -0.39 is 0 Å². The molecule has 0 saturated carbocycles. The number of methoxy groups -OCH3 is 1. The molecule has 0 bridgehead atoms. The van der Waals surface area contributed by atoms with Gasteiger partial charge in [-0.25, -0.2) is 0 Å². The molecule has 0 atom stereocenters. The van der Waals surface area contributed by atoms with Crippen molar-refractivity contribution in [3.63, 3.8) is 0 Å². The maximum atomic E-state index is 12.6. The van der Waals surface area contributed by atoms with E-state index in [-0.39, 0.29) is 5.91 Å². The first-order chi connectivity index (χ1) is 15.5. The number of amides is 1. The van der Waals surface area contributed by atoms with Gasteiger partial charge in [0, 0.05) is 23.9 Å². The third-order valence-electron chi connectivity index (χ3n) is 4.25. The second-order valence-electron chi connectivity index (χ2n) is 6.45. The topological polar surface area (TPSA) is 80.8 Å². The molecule has 0 aliphatic carbocycles. The number of carbonyl (C=O) groups excluding carboxylic acids is 1. The Hall–Kier alpha value is -3.30. The maximum Gasteiger partial charge on any atom is 0.265 e. The molecule has 0 fully saturated rings. The van der Waals surface area contributed by atoms with Gasteiger partial charge in [0.2, 0.25) is 0 Å². The van der Waals surface area contributed by atoms with E-state index in [2.05, 4.69) is 16.0 Å². The minimum atomic E-state index is -0.209. The molecule has 0 spiro atoms. The summed E-state index contributed by atoms with van der Waals surface area (Å²) in [5.74, 6) is 1.55. The Morgan fingerprint density at radius 2 is 1.62 bits per heavy atom. The number of thiophene rings is 1. The molecule has 3 aromatic rings. The van der Waals surface area contributed by atoms with Gasteiger partial charge in [-0.15, -0.1) is 11.3 Å². The lowest BCUT2D eigenvalue weighted by Crippen LogP contribution is -2.20. The van der Waals surface area contributed by atoms with Crippen LogP contribution < -0.4 is 30.2 Å². The van der Waals surface area contributed by atoms with E-state index in [1.165, 1.54) is 11.3 Å². The normalized spacial score (nSPS) is 10.2. The van der Waals surface area contributed by atoms with Crippen molar-refractivity contribution >= 4 is 51.6 Å². The molecule has 3 N–H and O–H groups in total. The molecule has 2 aromatic carbocycles. The van der Waals surface area contributed by atoms with E-state index in [0.717, 1.165) is 11.4 Å². The van der Waals surface area contributed by atoms with Crippen molar-refractivity contribution in [1.29, 1.82) is 0 Å². The summed E-state index contributed by atoms with van der Waals surface area (Å²) >= 11 is 6.85. The average molecular weight is 472 g/mol. The number of ether oxygens (including phenoxy) is 3. The zero-order valence-electron chi connectivity index (χ0n) is 18.1. The van der Waals surface area contributed by atoms with Crippen molar-refractivity contribution in [2.45, 2.75) is 13.8 Å². The van der Waals surface area contributed by atoms with Crippen LogP contribution in [0.2, 0.25) is 0 Å². The Morgan fingerprint density at radius 1 is 0.938 bits per heavy atom. The third kappa shape index (κ3) is 6.12. The first-order valence-corrected chi connectivity index (χ1v) is 11.3. The Bertz CT molecular complexity index is 1070. The smallest absolute Gasteiger partial charge is 0.265 e. The molecule has 3 rings (SSSR count). The molecule has 1 amide bonds. The molecule has 0 aliphatic heterocycles. The number of hydrogen-bond acceptors (Lipinski definition) is 6. The molecule has 7 nitrogen and oxygen atoms in total. The monoisotopic (exact) mass is 471 g/mol. The maximum absolute atomic E-state index is 12.6. The molecule has 1 heterocycles. The Balaban J connectivity index is 1.84. The number of benzene rings is 2. The van der Waals surface area contributed by atoms with E-state index in [1.54, 1.807) is 25.3 Å². The summed E-state index contributed by atoms with van der Waals surface area (Å²) in [5.41, 5.74) is 1.92. The molecule has 9 heteroatoms. The van der Waals surface area contributed by atoms with Crippen LogP contribution in [0.3, 0.4) is 0 Å². The SMILES string of the molecule is CCOc1cc(NC(=S)Nc2cccc(OC)c2)c(OCC)cc1NC(=O)c1cccs1. The number of carbonyl (C=O) groups is 1. The van der Waals surface area contributed by atoms with Crippen LogP contribution in [0.5, 0.6) is 17.2 Å². The summed E-state index contributed by atoms with van der Waals surface area (Å²) in [6.07, 6.45) is 0. The quantitative estimate of drug-likeness (QED) is 0.350. The van der Waals surface area contributed by atoms with Gasteiger partial charge in [-0.2, -0.15) is 0 Å². The molecule has 1 aromatic heterocycles. The number of hydrogen-bond donors (Lipinski definition) is 3. The van der Waals surface area contributed by atoms with Gasteiger partial charge in [0.25, 0.3) is 5.91 Å². The van der Waals surface area contributed by atoms with Crippen LogP contribution in [0.4, 0.5) is 17.1 Å². The third-order valence-corrected chi connectivity index (χ3v) is 5.32. The minimum absolute atomic E-state index is 0.209. The van der Waals surface area contributed by atoms with E-state index in [4.69, 9.17) is 26.4 Å². The van der Waals surface area contributed by atoms with E-state index in [9.17, 15) is 4.79 Å². The van der Waals surface area contributed by atoms with Crippen molar-refractivity contribution in [3.8, 4) is 17.2 Å². The summed E-state index contributed by atoms with van der Waals surface area (Å²) in [6, 6.07) is 14.5. The lowest BCUT2D eigenvalue weighted by molar-refractivity contribution is 0.103. The Kier molecular flexibility index (Phi) is 8.29. The van der Waals surface area contributed by atoms with Gasteiger partial charge in [-0.1, -0.05) is 12.1 Å². The first-order valence-electron chi connectivity index (χ1n) is 10.0. The molecule has 0 unspecified atom stereocenters. The predicted molar refractivity (Wildman–Crippen MR) is 134 cm³/mol. The first kappa shape index (κ1) is 23.4. The lowest BCUT2D eigenvalue weighted by Gasteiger charge is -2.19. The van der Waals surface area contributed by atoms with Crippen LogP contribution in [-0.4, -0.2) is 31.3 Å². The Labute approximate surface area is 196 Å². The summed E-state index contributed by atoms with van der Waals surface area (Å²) in [5, 5.41) is 11.4. The fourth-order valence-corrected chi connectivity index (χ4v) is 3.73. The summed E-state index contributed by atoms with van der Waals surface area (Å²) in [7, 11) is 1.61. The molecular weight excluding hydrogens is 446 g/mol. The highest BCUT2D eigenvalue weighted by Gasteiger charge is 2.16. The van der Waals surface area contributed by atoms with Crippen molar-refractivity contribution in [3.05, 3.63) is 58.8 Å². The van der Waals surface area contributed by atoms with Crippen molar-refractivity contribution in [2.75, 3.05) is 36.3 Å². The average Bonchev–Trinajstić information content (AvgIpc) is 3.32. The summed E-state index contributed by atoms with van der Waals surface area (Å²) in [4.78, 5) is 13.2.